The lowest BCUT2D eigenvalue weighted by Gasteiger charge is -2.37. The van der Waals surface area contributed by atoms with Crippen LogP contribution in [-0.2, 0) is 20.9 Å². The minimum Gasteiger partial charge on any atom is -0.391 e. The molecule has 1 fully saturated rings. The maximum absolute atomic E-state index is 14.2. The van der Waals surface area contributed by atoms with Crippen molar-refractivity contribution in [2.45, 2.75) is 108 Å². The zero-order valence-corrected chi connectivity index (χ0v) is 28.7. The first-order chi connectivity index (χ1) is 21.6. The Labute approximate surface area is 276 Å². The predicted molar refractivity (Wildman–Crippen MR) is 184 cm³/mol. The Bertz CT molecular complexity index is 1220. The van der Waals surface area contributed by atoms with Crippen LogP contribution in [-0.4, -0.2) is 81.0 Å². The molecule has 7 N–H and O–H groups in total. The van der Waals surface area contributed by atoms with Gasteiger partial charge in [0.05, 0.1) is 22.2 Å². The number of hydrogen-bond donors (Lipinski definition) is 5. The van der Waals surface area contributed by atoms with Crippen molar-refractivity contribution in [2.24, 2.45) is 11.5 Å². The Morgan fingerprint density at radius 3 is 2.38 bits per heavy atom. The number of unbranched alkanes of at least 4 members (excludes halogenated alkanes) is 5. The average Bonchev–Trinajstić information content (AvgIpc) is 3.63. The van der Waals surface area contributed by atoms with Crippen LogP contribution in [0, 0.1) is 6.92 Å². The van der Waals surface area contributed by atoms with Gasteiger partial charge in [-0.2, -0.15) is 11.8 Å². The summed E-state index contributed by atoms with van der Waals surface area (Å²) in [5.41, 5.74) is 16.0. The second kappa shape index (κ2) is 18.6. The predicted octanol–water partition coefficient (Wildman–Crippen LogP) is 3.73. The summed E-state index contributed by atoms with van der Waals surface area (Å²) in [6.07, 6.45) is 6.12. The molecule has 0 aliphatic carbocycles. The van der Waals surface area contributed by atoms with E-state index in [9.17, 15) is 19.5 Å². The van der Waals surface area contributed by atoms with E-state index in [0.29, 0.717) is 32.5 Å². The fraction of sp³-hybridized carbons (Fsp3) is 0.636. The summed E-state index contributed by atoms with van der Waals surface area (Å²) in [6.45, 7) is 7.51. The van der Waals surface area contributed by atoms with Gasteiger partial charge in [-0.15, -0.1) is 11.3 Å². The Morgan fingerprint density at radius 1 is 1.07 bits per heavy atom. The van der Waals surface area contributed by atoms with Crippen LogP contribution in [0.4, 0.5) is 0 Å². The van der Waals surface area contributed by atoms with Gasteiger partial charge >= 0.3 is 0 Å². The maximum Gasteiger partial charge on any atom is 0.247 e. The number of aliphatic hydroxyl groups excluding tert-OH is 1. The van der Waals surface area contributed by atoms with Gasteiger partial charge < -0.3 is 32.1 Å². The third-order valence-corrected chi connectivity index (χ3v) is 10.7. The van der Waals surface area contributed by atoms with Crippen molar-refractivity contribution in [2.75, 3.05) is 25.4 Å². The monoisotopic (exact) mass is 660 g/mol. The number of nitrogens with one attached hydrogen (secondary N) is 2. The second-order valence-corrected chi connectivity index (χ2v) is 14.9. The van der Waals surface area contributed by atoms with Crippen LogP contribution >= 0.6 is 23.1 Å². The fourth-order valence-electron chi connectivity index (χ4n) is 5.52. The van der Waals surface area contributed by atoms with Crippen LogP contribution < -0.4 is 22.1 Å². The topological polar surface area (TPSA) is 164 Å². The Balaban J connectivity index is 1.68. The molecule has 3 rings (SSSR count). The van der Waals surface area contributed by atoms with Crippen LogP contribution in [0.3, 0.4) is 0 Å². The van der Waals surface area contributed by atoms with Crippen LogP contribution in [0.5, 0.6) is 0 Å². The van der Waals surface area contributed by atoms with Gasteiger partial charge in [0, 0.05) is 30.7 Å². The van der Waals surface area contributed by atoms with Gasteiger partial charge in [0.1, 0.15) is 12.1 Å². The second-order valence-electron chi connectivity index (χ2n) is 12.3. The van der Waals surface area contributed by atoms with E-state index in [4.69, 9.17) is 11.5 Å². The number of benzene rings is 1. The first kappa shape index (κ1) is 37.0. The molecule has 0 spiro atoms. The van der Waals surface area contributed by atoms with Gasteiger partial charge in [0.25, 0.3) is 0 Å². The summed E-state index contributed by atoms with van der Waals surface area (Å²) in [4.78, 5) is 47.5. The van der Waals surface area contributed by atoms with Gasteiger partial charge in [-0.1, -0.05) is 43.5 Å². The molecule has 3 atom stereocenters. The number of hydrogen-bond acceptors (Lipinski definition) is 9. The molecule has 1 aliphatic rings. The van der Waals surface area contributed by atoms with Crippen molar-refractivity contribution in [3.8, 4) is 10.4 Å². The van der Waals surface area contributed by atoms with Crippen molar-refractivity contribution in [1.82, 2.24) is 20.5 Å². The van der Waals surface area contributed by atoms with E-state index in [-0.39, 0.29) is 30.7 Å². The standard InChI is InChI=1S/C33H52N6O4S2/c1-23-29(44-22-37-23)25-14-12-24(13-15-25)20-36-31(42)27-19-26(40)21-39(27)32(43)30(38-28(41)11-7-6-9-17-35)33(2,3)45-18-10-5-4-8-16-34/h12-15,22,26-27,30,40H,4-11,16-21,34-35H2,1-3H3,(H,36,42)(H,38,41)/t26-,27+,30?/m1/s1. The summed E-state index contributed by atoms with van der Waals surface area (Å²) in [6, 6.07) is 6.28. The van der Waals surface area contributed by atoms with Gasteiger partial charge in [-0.3, -0.25) is 14.4 Å². The lowest BCUT2D eigenvalue weighted by molar-refractivity contribution is -0.142. The molecular formula is C33H52N6O4S2. The van der Waals surface area contributed by atoms with E-state index in [1.54, 1.807) is 23.1 Å². The molecule has 3 amide bonds. The minimum atomic E-state index is -0.850. The number of β-amino-alcohol motifs (C(OH)–C–C–N with tert-alkyl or cyclic N) is 1. The number of nitrogens with zero attached hydrogens (tertiary/aromatic N) is 2. The molecule has 1 aliphatic heterocycles. The molecule has 10 nitrogen and oxygen atoms in total. The lowest BCUT2D eigenvalue weighted by Crippen LogP contribution is -2.59. The smallest absolute Gasteiger partial charge is 0.247 e. The first-order valence-electron chi connectivity index (χ1n) is 16.2. The molecule has 0 saturated carbocycles. The molecule has 0 radical (unpaired) electrons. The van der Waals surface area contributed by atoms with Gasteiger partial charge in [0.2, 0.25) is 17.7 Å². The molecule has 1 aromatic heterocycles. The number of thioether (sulfide) groups is 1. The summed E-state index contributed by atoms with van der Waals surface area (Å²) >= 11 is 3.24. The zero-order valence-electron chi connectivity index (χ0n) is 27.1. The third-order valence-electron chi connectivity index (χ3n) is 8.22. The highest BCUT2D eigenvalue weighted by Gasteiger charge is 2.45. The van der Waals surface area contributed by atoms with Gasteiger partial charge in [0.15, 0.2) is 0 Å². The molecule has 12 heteroatoms. The summed E-state index contributed by atoms with van der Waals surface area (Å²) in [5.74, 6) is -0.0205. The van der Waals surface area contributed by atoms with E-state index in [2.05, 4.69) is 15.6 Å². The Kier molecular flexibility index (Phi) is 15.3. The van der Waals surface area contributed by atoms with E-state index in [1.807, 2.05) is 50.5 Å². The van der Waals surface area contributed by atoms with Crippen molar-refractivity contribution in [1.29, 1.82) is 0 Å². The highest BCUT2D eigenvalue weighted by molar-refractivity contribution is 8.00. The number of thiazole rings is 1. The van der Waals surface area contributed by atoms with Crippen molar-refractivity contribution in [3.05, 3.63) is 41.0 Å². The summed E-state index contributed by atoms with van der Waals surface area (Å²) < 4.78 is -0.634. The number of aliphatic hydroxyl groups is 1. The normalized spacial score (nSPS) is 17.3. The highest BCUT2D eigenvalue weighted by Crippen LogP contribution is 2.33. The van der Waals surface area contributed by atoms with E-state index in [1.165, 1.54) is 4.90 Å². The van der Waals surface area contributed by atoms with E-state index in [0.717, 1.165) is 66.0 Å². The number of rotatable bonds is 19. The summed E-state index contributed by atoms with van der Waals surface area (Å²) in [5, 5.41) is 16.6. The number of aromatic nitrogens is 1. The number of likely N-dealkylation sites (tertiary alicyclic amines) is 1. The van der Waals surface area contributed by atoms with Crippen LogP contribution in [0.2, 0.25) is 0 Å². The zero-order chi connectivity index (χ0) is 32.8. The Hall–Kier alpha value is -2.51. The first-order valence-corrected chi connectivity index (χ1v) is 18.0. The Morgan fingerprint density at radius 2 is 1.73 bits per heavy atom. The SMILES string of the molecule is Cc1ncsc1-c1ccc(CNC(=O)[C@@H]2C[C@@H](O)CN2C(=O)C(NC(=O)CCCCCN)C(C)(C)SCCCCCCN)cc1. The molecule has 1 aromatic carbocycles. The van der Waals surface area contributed by atoms with Crippen molar-refractivity contribution < 1.29 is 19.5 Å². The number of amides is 3. The number of carbonyl (C=O) groups is 3. The van der Waals surface area contributed by atoms with Crippen LogP contribution in [0.1, 0.15) is 82.9 Å². The molecule has 0 bridgehead atoms. The average molecular weight is 661 g/mol. The van der Waals surface area contributed by atoms with Gasteiger partial charge in [-0.05, 0) is 76.4 Å². The van der Waals surface area contributed by atoms with Crippen LogP contribution in [0.25, 0.3) is 10.4 Å². The molecule has 1 saturated heterocycles. The summed E-state index contributed by atoms with van der Waals surface area (Å²) in [7, 11) is 0. The molecule has 1 unspecified atom stereocenters. The van der Waals surface area contributed by atoms with Crippen LogP contribution in [0.15, 0.2) is 29.8 Å². The van der Waals surface area contributed by atoms with Gasteiger partial charge in [-0.25, -0.2) is 4.98 Å². The largest absolute Gasteiger partial charge is 0.391 e. The molecular weight excluding hydrogens is 609 g/mol. The molecule has 2 heterocycles. The van der Waals surface area contributed by atoms with Crippen molar-refractivity contribution in [3.63, 3.8) is 0 Å². The number of carbonyl (C=O) groups excluding carboxylic acids is 3. The molecule has 2 aromatic rings. The van der Waals surface area contributed by atoms with E-state index >= 15 is 0 Å². The maximum atomic E-state index is 14.2. The lowest BCUT2D eigenvalue weighted by atomic mass is 10.00. The molecule has 250 valence electrons. The number of nitrogens with two attached hydrogens (primary N) is 2. The fourth-order valence-corrected chi connectivity index (χ4v) is 7.54. The van der Waals surface area contributed by atoms with Crippen molar-refractivity contribution >= 4 is 40.8 Å². The minimum absolute atomic E-state index is 0.0442. The number of aryl methyl sites for hydroxylation is 1. The highest BCUT2D eigenvalue weighted by atomic mass is 32.2. The quantitative estimate of drug-likeness (QED) is 0.142. The molecule has 45 heavy (non-hydrogen) atoms. The third kappa shape index (κ3) is 11.4. The van der Waals surface area contributed by atoms with E-state index < -0.39 is 22.9 Å².